The number of hydrogen-bond donors (Lipinski definition) is 1. The second-order valence-corrected chi connectivity index (χ2v) is 4.62. The molecule has 0 unspecified atom stereocenters. The summed E-state index contributed by atoms with van der Waals surface area (Å²) in [7, 11) is 0. The summed E-state index contributed by atoms with van der Waals surface area (Å²) in [6, 6.07) is 0. The normalized spacial score (nSPS) is 11.2. The lowest BCUT2D eigenvalue weighted by atomic mass is 10.1. The van der Waals surface area contributed by atoms with Gasteiger partial charge in [0, 0.05) is 6.61 Å². The van der Waals surface area contributed by atoms with E-state index < -0.39 is 5.97 Å². The summed E-state index contributed by atoms with van der Waals surface area (Å²) in [5.41, 5.74) is 0. The highest BCUT2D eigenvalue weighted by atomic mass is 16.5. The van der Waals surface area contributed by atoms with Crippen molar-refractivity contribution in [3.63, 3.8) is 0 Å². The molecule has 0 aliphatic rings. The molecule has 0 fully saturated rings. The van der Waals surface area contributed by atoms with Gasteiger partial charge in [0.1, 0.15) is 6.61 Å². The summed E-state index contributed by atoms with van der Waals surface area (Å²) in [5, 5.41) is 8.36. The lowest BCUT2D eigenvalue weighted by molar-refractivity contribution is -0.142. The van der Waals surface area contributed by atoms with E-state index in [-0.39, 0.29) is 6.61 Å². The van der Waals surface area contributed by atoms with Crippen molar-refractivity contribution in [1.82, 2.24) is 0 Å². The van der Waals surface area contributed by atoms with Crippen LogP contribution < -0.4 is 0 Å². The van der Waals surface area contributed by atoms with Gasteiger partial charge < -0.3 is 9.84 Å². The Morgan fingerprint density at radius 3 is 2.28 bits per heavy atom. The Bertz CT molecular complexity index is 212. The maximum absolute atomic E-state index is 10.2. The molecule has 0 aliphatic carbocycles. The van der Waals surface area contributed by atoms with Gasteiger partial charge in [0.25, 0.3) is 0 Å². The molecule has 0 saturated carbocycles. The van der Waals surface area contributed by atoms with Gasteiger partial charge in [-0.25, -0.2) is 4.79 Å². The van der Waals surface area contributed by atoms with Crippen LogP contribution in [0.5, 0.6) is 0 Å². The first kappa shape index (κ1) is 17.2. The number of carboxylic acids is 1. The zero-order chi connectivity index (χ0) is 13.5. The van der Waals surface area contributed by atoms with Crippen LogP contribution in [-0.4, -0.2) is 24.3 Å². The van der Waals surface area contributed by atoms with E-state index in [9.17, 15) is 4.79 Å². The largest absolute Gasteiger partial charge is 0.480 e. The first-order valence-corrected chi connectivity index (χ1v) is 7.22. The minimum absolute atomic E-state index is 0.164. The molecule has 0 aromatic carbocycles. The zero-order valence-electron chi connectivity index (χ0n) is 11.7. The molecule has 3 nitrogen and oxygen atoms in total. The van der Waals surface area contributed by atoms with Gasteiger partial charge in [-0.1, -0.05) is 51.2 Å². The summed E-state index contributed by atoms with van der Waals surface area (Å²) < 4.78 is 4.97. The van der Waals surface area contributed by atoms with Crippen LogP contribution >= 0.6 is 0 Å². The molecule has 1 N–H and O–H groups in total. The third-order valence-electron chi connectivity index (χ3n) is 2.78. The molecule has 3 heteroatoms. The monoisotopic (exact) mass is 256 g/mol. The first-order valence-electron chi connectivity index (χ1n) is 7.22. The van der Waals surface area contributed by atoms with Gasteiger partial charge in [-0.05, 0) is 25.7 Å². The van der Waals surface area contributed by atoms with Crippen molar-refractivity contribution >= 4 is 5.97 Å². The van der Waals surface area contributed by atoms with E-state index in [0.29, 0.717) is 6.61 Å². The Morgan fingerprint density at radius 2 is 1.61 bits per heavy atom. The van der Waals surface area contributed by atoms with Crippen LogP contribution in [0.25, 0.3) is 0 Å². The van der Waals surface area contributed by atoms with E-state index in [1.54, 1.807) is 0 Å². The Labute approximate surface area is 111 Å². The smallest absolute Gasteiger partial charge is 0.329 e. The highest BCUT2D eigenvalue weighted by Crippen LogP contribution is 2.06. The van der Waals surface area contributed by atoms with Crippen molar-refractivity contribution in [2.24, 2.45) is 0 Å². The Hall–Kier alpha value is -0.830. The van der Waals surface area contributed by atoms with Crippen molar-refractivity contribution in [1.29, 1.82) is 0 Å². The molecule has 0 aromatic heterocycles. The van der Waals surface area contributed by atoms with Gasteiger partial charge in [-0.3, -0.25) is 0 Å². The topological polar surface area (TPSA) is 46.5 Å². The fraction of sp³-hybridized carbons (Fsp3) is 0.800. The average Bonchev–Trinajstić information content (AvgIpc) is 2.34. The SMILES string of the molecule is CCCC/C=C\CCCCCCCOCC(=O)O. The molecule has 0 aliphatic heterocycles. The number of carboxylic acid groups (broad SMARTS) is 1. The molecule has 106 valence electrons. The van der Waals surface area contributed by atoms with Crippen molar-refractivity contribution < 1.29 is 14.6 Å². The van der Waals surface area contributed by atoms with Crippen molar-refractivity contribution in [3.05, 3.63) is 12.2 Å². The summed E-state index contributed by atoms with van der Waals surface area (Å²) in [6.45, 7) is 2.62. The van der Waals surface area contributed by atoms with Crippen molar-refractivity contribution in [3.8, 4) is 0 Å². The van der Waals surface area contributed by atoms with E-state index in [1.165, 1.54) is 44.9 Å². The standard InChI is InChI=1S/C15H28O3/c1-2-3-4-5-6-7-8-9-10-11-12-13-18-14-15(16)17/h5-6H,2-4,7-14H2,1H3,(H,16,17)/b6-5-. The number of allylic oxidation sites excluding steroid dienone is 2. The zero-order valence-corrected chi connectivity index (χ0v) is 11.7. The van der Waals surface area contributed by atoms with Gasteiger partial charge in [-0.2, -0.15) is 0 Å². The lowest BCUT2D eigenvalue weighted by Crippen LogP contribution is -2.07. The first-order chi connectivity index (χ1) is 8.77. The fourth-order valence-corrected chi connectivity index (χ4v) is 1.71. The van der Waals surface area contributed by atoms with Gasteiger partial charge in [-0.15, -0.1) is 0 Å². The predicted molar refractivity (Wildman–Crippen MR) is 74.8 cm³/mol. The number of rotatable bonds is 13. The quantitative estimate of drug-likeness (QED) is 0.397. The average molecular weight is 256 g/mol. The van der Waals surface area contributed by atoms with E-state index in [0.717, 1.165) is 12.8 Å². The molecule has 0 radical (unpaired) electrons. The Balaban J connectivity index is 3.03. The second-order valence-electron chi connectivity index (χ2n) is 4.62. The van der Waals surface area contributed by atoms with Crippen LogP contribution in [0.3, 0.4) is 0 Å². The van der Waals surface area contributed by atoms with Crippen LogP contribution in [-0.2, 0) is 9.53 Å². The van der Waals surface area contributed by atoms with Crippen LogP contribution in [0.15, 0.2) is 12.2 Å². The maximum atomic E-state index is 10.2. The van der Waals surface area contributed by atoms with Crippen LogP contribution in [0.2, 0.25) is 0 Å². The molecule has 18 heavy (non-hydrogen) atoms. The van der Waals surface area contributed by atoms with Crippen LogP contribution in [0, 0.1) is 0 Å². The lowest BCUT2D eigenvalue weighted by Gasteiger charge is -2.01. The minimum Gasteiger partial charge on any atom is -0.480 e. The predicted octanol–water partition coefficient (Wildman–Crippen LogP) is 4.17. The van der Waals surface area contributed by atoms with Gasteiger partial charge in [0.15, 0.2) is 0 Å². The van der Waals surface area contributed by atoms with Crippen molar-refractivity contribution in [2.75, 3.05) is 13.2 Å². The van der Waals surface area contributed by atoms with Gasteiger partial charge in [0.2, 0.25) is 0 Å². The van der Waals surface area contributed by atoms with E-state index >= 15 is 0 Å². The number of hydrogen-bond acceptors (Lipinski definition) is 2. The van der Waals surface area contributed by atoms with Crippen molar-refractivity contribution in [2.45, 2.75) is 64.7 Å². The minimum atomic E-state index is -0.884. The second kappa shape index (κ2) is 14.2. The molecule has 0 spiro atoms. The Morgan fingerprint density at radius 1 is 1.00 bits per heavy atom. The summed E-state index contributed by atoms with van der Waals surface area (Å²) >= 11 is 0. The highest BCUT2D eigenvalue weighted by Gasteiger charge is 1.95. The van der Waals surface area contributed by atoms with E-state index in [2.05, 4.69) is 19.1 Å². The number of carbonyl (C=O) groups is 1. The number of unbranched alkanes of at least 4 members (excludes halogenated alkanes) is 7. The van der Waals surface area contributed by atoms with Crippen LogP contribution in [0.1, 0.15) is 64.7 Å². The Kier molecular flexibility index (Phi) is 13.6. The molecule has 0 rings (SSSR count). The molecule has 0 amide bonds. The van der Waals surface area contributed by atoms with E-state index in [1.807, 2.05) is 0 Å². The van der Waals surface area contributed by atoms with Gasteiger partial charge in [0.05, 0.1) is 0 Å². The summed E-state index contributed by atoms with van der Waals surface area (Å²) in [6.07, 6.45) is 15.4. The molecule has 0 saturated heterocycles. The molecule has 0 bridgehead atoms. The summed E-state index contributed by atoms with van der Waals surface area (Å²) in [5.74, 6) is -0.884. The number of ether oxygens (including phenoxy) is 1. The molecule has 0 heterocycles. The molecule has 0 atom stereocenters. The third-order valence-corrected chi connectivity index (χ3v) is 2.78. The van der Waals surface area contributed by atoms with E-state index in [4.69, 9.17) is 9.84 Å². The summed E-state index contributed by atoms with van der Waals surface area (Å²) in [4.78, 5) is 10.2. The highest BCUT2D eigenvalue weighted by molar-refractivity contribution is 5.67. The number of aliphatic carboxylic acids is 1. The maximum Gasteiger partial charge on any atom is 0.329 e. The molecular weight excluding hydrogens is 228 g/mol. The molecular formula is C15H28O3. The fourth-order valence-electron chi connectivity index (χ4n) is 1.71. The van der Waals surface area contributed by atoms with Crippen LogP contribution in [0.4, 0.5) is 0 Å². The third kappa shape index (κ3) is 15.2. The molecule has 0 aromatic rings. The van der Waals surface area contributed by atoms with Gasteiger partial charge >= 0.3 is 5.97 Å².